The van der Waals surface area contributed by atoms with Crippen molar-refractivity contribution in [2.24, 2.45) is 0 Å². The van der Waals surface area contributed by atoms with Crippen molar-refractivity contribution in [1.29, 1.82) is 0 Å². The van der Waals surface area contributed by atoms with Crippen LogP contribution in [0.15, 0.2) is 36.5 Å². The lowest BCUT2D eigenvalue weighted by Gasteiger charge is -2.05. The quantitative estimate of drug-likeness (QED) is 0.636. The molecular weight excluding hydrogens is 264 g/mol. The molecule has 19 heavy (non-hydrogen) atoms. The Balaban J connectivity index is 2.20. The van der Waals surface area contributed by atoms with Crippen LogP contribution in [-0.4, -0.2) is 22.5 Å². The standard InChI is InChI=1S/C14H13ClN2O2/c1-2-19-12(18)8-11-9-16-14(17-13(11)15)10-6-4-3-5-7-10/h3-7,9H,2,8H2,1H3. The molecule has 0 spiro atoms. The minimum absolute atomic E-state index is 0.0851. The number of hydrogen-bond donors (Lipinski definition) is 0. The first kappa shape index (κ1) is 13.5. The van der Waals surface area contributed by atoms with Gasteiger partial charge in [-0.05, 0) is 6.92 Å². The Hall–Kier alpha value is -1.94. The second kappa shape index (κ2) is 6.29. The van der Waals surface area contributed by atoms with Crippen LogP contribution in [0, 0.1) is 0 Å². The second-order valence-corrected chi connectivity index (χ2v) is 4.22. The molecule has 0 unspecified atom stereocenters. The molecule has 5 heteroatoms. The molecule has 1 aromatic heterocycles. The highest BCUT2D eigenvalue weighted by Crippen LogP contribution is 2.19. The average molecular weight is 277 g/mol. The first-order valence-electron chi connectivity index (χ1n) is 5.93. The normalized spacial score (nSPS) is 10.2. The van der Waals surface area contributed by atoms with Crippen molar-refractivity contribution in [1.82, 2.24) is 9.97 Å². The molecule has 4 nitrogen and oxygen atoms in total. The fourth-order valence-electron chi connectivity index (χ4n) is 1.60. The Morgan fingerprint density at radius 2 is 2.05 bits per heavy atom. The molecule has 98 valence electrons. The minimum atomic E-state index is -0.333. The highest BCUT2D eigenvalue weighted by Gasteiger charge is 2.11. The van der Waals surface area contributed by atoms with Gasteiger partial charge in [0.1, 0.15) is 5.15 Å². The van der Waals surface area contributed by atoms with Crippen molar-refractivity contribution < 1.29 is 9.53 Å². The van der Waals surface area contributed by atoms with Gasteiger partial charge in [-0.25, -0.2) is 9.97 Å². The summed E-state index contributed by atoms with van der Waals surface area (Å²) in [5.74, 6) is 0.207. The van der Waals surface area contributed by atoms with Gasteiger partial charge in [0.2, 0.25) is 0 Å². The van der Waals surface area contributed by atoms with Crippen LogP contribution in [0.5, 0.6) is 0 Å². The predicted molar refractivity (Wildman–Crippen MR) is 72.8 cm³/mol. The number of carbonyl (C=O) groups excluding carboxylic acids is 1. The van der Waals surface area contributed by atoms with E-state index in [0.29, 0.717) is 18.0 Å². The lowest BCUT2D eigenvalue weighted by atomic mass is 10.2. The van der Waals surface area contributed by atoms with Crippen LogP contribution in [0.4, 0.5) is 0 Å². The first-order chi connectivity index (χ1) is 9.20. The van der Waals surface area contributed by atoms with Gasteiger partial charge in [-0.2, -0.15) is 0 Å². The molecule has 0 radical (unpaired) electrons. The Bertz CT molecular complexity index is 573. The predicted octanol–water partition coefficient (Wildman–Crippen LogP) is 2.90. The lowest BCUT2D eigenvalue weighted by molar-refractivity contribution is -0.142. The molecule has 0 atom stereocenters. The van der Waals surface area contributed by atoms with Crippen LogP contribution in [0.1, 0.15) is 12.5 Å². The molecule has 0 saturated carbocycles. The van der Waals surface area contributed by atoms with Crippen molar-refractivity contribution in [2.75, 3.05) is 6.61 Å². The number of esters is 1. The number of nitrogens with zero attached hydrogens (tertiary/aromatic N) is 2. The van der Waals surface area contributed by atoms with Crippen LogP contribution >= 0.6 is 11.6 Å². The average Bonchev–Trinajstić information content (AvgIpc) is 2.42. The summed E-state index contributed by atoms with van der Waals surface area (Å²) in [5.41, 5.74) is 1.45. The van der Waals surface area contributed by atoms with Gasteiger partial charge in [0.15, 0.2) is 5.82 Å². The van der Waals surface area contributed by atoms with Crippen molar-refractivity contribution in [3.8, 4) is 11.4 Å². The summed E-state index contributed by atoms with van der Waals surface area (Å²) in [6.07, 6.45) is 1.65. The molecule has 1 heterocycles. The molecule has 0 N–H and O–H groups in total. The van der Waals surface area contributed by atoms with E-state index in [1.54, 1.807) is 13.1 Å². The Labute approximate surface area is 116 Å². The number of halogens is 1. The van der Waals surface area contributed by atoms with E-state index in [1.165, 1.54) is 0 Å². The third-order valence-electron chi connectivity index (χ3n) is 2.48. The van der Waals surface area contributed by atoms with E-state index in [0.717, 1.165) is 5.56 Å². The van der Waals surface area contributed by atoms with Gasteiger partial charge in [-0.3, -0.25) is 4.79 Å². The molecule has 0 aliphatic heterocycles. The monoisotopic (exact) mass is 276 g/mol. The molecular formula is C14H13ClN2O2. The summed E-state index contributed by atoms with van der Waals surface area (Å²) in [4.78, 5) is 19.8. The van der Waals surface area contributed by atoms with Crippen LogP contribution in [0.2, 0.25) is 5.15 Å². The van der Waals surface area contributed by atoms with Crippen molar-refractivity contribution >= 4 is 17.6 Å². The van der Waals surface area contributed by atoms with Gasteiger partial charge in [0.25, 0.3) is 0 Å². The summed E-state index contributed by atoms with van der Waals surface area (Å²) in [6, 6.07) is 9.52. The summed E-state index contributed by atoms with van der Waals surface area (Å²) in [7, 11) is 0. The van der Waals surface area contributed by atoms with Crippen LogP contribution in [-0.2, 0) is 16.0 Å². The maximum Gasteiger partial charge on any atom is 0.310 e. The fourth-order valence-corrected chi connectivity index (χ4v) is 1.79. The Kier molecular flexibility index (Phi) is 4.47. The molecule has 0 bridgehead atoms. The molecule has 0 aliphatic carbocycles. The molecule has 2 aromatic rings. The van der Waals surface area contributed by atoms with E-state index in [4.69, 9.17) is 16.3 Å². The zero-order valence-corrected chi connectivity index (χ0v) is 11.2. The van der Waals surface area contributed by atoms with Gasteiger partial charge in [0.05, 0.1) is 13.0 Å². The SMILES string of the molecule is CCOC(=O)Cc1cnc(-c2ccccc2)nc1Cl. The van der Waals surface area contributed by atoms with Gasteiger partial charge < -0.3 is 4.74 Å². The number of rotatable bonds is 4. The Morgan fingerprint density at radius 3 is 2.68 bits per heavy atom. The smallest absolute Gasteiger partial charge is 0.310 e. The maximum absolute atomic E-state index is 11.4. The maximum atomic E-state index is 11.4. The largest absolute Gasteiger partial charge is 0.466 e. The van der Waals surface area contributed by atoms with Crippen molar-refractivity contribution in [3.05, 3.63) is 47.2 Å². The molecule has 0 saturated heterocycles. The first-order valence-corrected chi connectivity index (χ1v) is 6.31. The van der Waals surface area contributed by atoms with Gasteiger partial charge in [-0.1, -0.05) is 41.9 Å². The highest BCUT2D eigenvalue weighted by atomic mass is 35.5. The number of aromatic nitrogens is 2. The van der Waals surface area contributed by atoms with E-state index in [1.807, 2.05) is 30.3 Å². The highest BCUT2D eigenvalue weighted by molar-refractivity contribution is 6.30. The minimum Gasteiger partial charge on any atom is -0.466 e. The molecule has 0 amide bonds. The third kappa shape index (κ3) is 3.51. The fraction of sp³-hybridized carbons (Fsp3) is 0.214. The number of hydrogen-bond acceptors (Lipinski definition) is 4. The third-order valence-corrected chi connectivity index (χ3v) is 2.81. The summed E-state index contributed by atoms with van der Waals surface area (Å²) >= 11 is 6.06. The molecule has 2 rings (SSSR count). The second-order valence-electron chi connectivity index (χ2n) is 3.86. The van der Waals surface area contributed by atoms with E-state index < -0.39 is 0 Å². The van der Waals surface area contributed by atoms with E-state index in [-0.39, 0.29) is 17.5 Å². The molecule has 0 aliphatic rings. The zero-order chi connectivity index (χ0) is 13.7. The van der Waals surface area contributed by atoms with Crippen LogP contribution in [0.3, 0.4) is 0 Å². The summed E-state index contributed by atoms with van der Waals surface area (Å²) in [5, 5.41) is 0.280. The van der Waals surface area contributed by atoms with E-state index in [9.17, 15) is 4.79 Å². The Morgan fingerprint density at radius 1 is 1.32 bits per heavy atom. The van der Waals surface area contributed by atoms with Gasteiger partial charge in [-0.15, -0.1) is 0 Å². The van der Waals surface area contributed by atoms with Crippen LogP contribution in [0.25, 0.3) is 11.4 Å². The van der Waals surface area contributed by atoms with Gasteiger partial charge >= 0.3 is 5.97 Å². The topological polar surface area (TPSA) is 52.1 Å². The number of ether oxygens (including phenoxy) is 1. The van der Waals surface area contributed by atoms with E-state index >= 15 is 0 Å². The molecule has 1 aromatic carbocycles. The molecule has 0 fully saturated rings. The lowest BCUT2D eigenvalue weighted by Crippen LogP contribution is -2.09. The van der Waals surface area contributed by atoms with Crippen molar-refractivity contribution in [3.63, 3.8) is 0 Å². The van der Waals surface area contributed by atoms with E-state index in [2.05, 4.69) is 9.97 Å². The number of benzene rings is 1. The van der Waals surface area contributed by atoms with Crippen molar-refractivity contribution in [2.45, 2.75) is 13.3 Å². The zero-order valence-electron chi connectivity index (χ0n) is 10.5. The summed E-state index contributed by atoms with van der Waals surface area (Å²) < 4.78 is 4.86. The van der Waals surface area contributed by atoms with Crippen LogP contribution < -0.4 is 0 Å². The summed E-state index contributed by atoms with van der Waals surface area (Å²) in [6.45, 7) is 2.11. The van der Waals surface area contributed by atoms with Gasteiger partial charge in [0, 0.05) is 17.3 Å². The number of carbonyl (C=O) groups is 1.